The van der Waals surface area contributed by atoms with Crippen LogP contribution in [0.1, 0.15) is 15.9 Å². The summed E-state index contributed by atoms with van der Waals surface area (Å²) in [5, 5.41) is 0. The van der Waals surface area contributed by atoms with Gasteiger partial charge in [0.25, 0.3) is 5.91 Å². The second-order valence-electron chi connectivity index (χ2n) is 7.25. The second kappa shape index (κ2) is 10.2. The van der Waals surface area contributed by atoms with Gasteiger partial charge in [0.05, 0.1) is 20.3 Å². The van der Waals surface area contributed by atoms with Gasteiger partial charge in [-0.05, 0) is 42.0 Å². The molecule has 0 N–H and O–H groups in total. The Kier molecular flexibility index (Phi) is 6.91. The van der Waals surface area contributed by atoms with E-state index in [2.05, 4.69) is 0 Å². The van der Waals surface area contributed by atoms with E-state index in [9.17, 15) is 9.59 Å². The van der Waals surface area contributed by atoms with E-state index in [0.29, 0.717) is 68.1 Å². The lowest BCUT2D eigenvalue weighted by Crippen LogP contribution is -2.43. The molecule has 0 saturated carbocycles. The van der Waals surface area contributed by atoms with Crippen LogP contribution in [0.15, 0.2) is 42.5 Å². The van der Waals surface area contributed by atoms with Gasteiger partial charge < -0.3 is 28.6 Å². The quantitative estimate of drug-likeness (QED) is 0.484. The number of rotatable bonds is 7. The number of benzene rings is 2. The normalized spacial score (nSPS) is 15.5. The fraction of sp³-hybridized carbons (Fsp3) is 0.333. The van der Waals surface area contributed by atoms with Crippen molar-refractivity contribution < 1.29 is 33.3 Å². The van der Waals surface area contributed by atoms with Gasteiger partial charge in [-0.2, -0.15) is 0 Å². The summed E-state index contributed by atoms with van der Waals surface area (Å²) >= 11 is 0. The van der Waals surface area contributed by atoms with Crippen molar-refractivity contribution in [3.63, 3.8) is 0 Å². The maximum absolute atomic E-state index is 12.6. The molecule has 32 heavy (non-hydrogen) atoms. The van der Waals surface area contributed by atoms with Crippen LogP contribution in [0.25, 0.3) is 6.08 Å². The van der Waals surface area contributed by atoms with Gasteiger partial charge in [0, 0.05) is 18.7 Å². The summed E-state index contributed by atoms with van der Waals surface area (Å²) in [7, 11) is 1.53. The van der Waals surface area contributed by atoms with Gasteiger partial charge >= 0.3 is 0 Å². The predicted molar refractivity (Wildman–Crippen MR) is 117 cm³/mol. The van der Waals surface area contributed by atoms with Crippen LogP contribution < -0.4 is 18.9 Å². The third kappa shape index (κ3) is 5.20. The van der Waals surface area contributed by atoms with E-state index < -0.39 is 0 Å². The third-order valence-electron chi connectivity index (χ3n) is 5.16. The fourth-order valence-corrected chi connectivity index (χ4v) is 3.42. The molecule has 1 saturated heterocycles. The Morgan fingerprint density at radius 1 is 0.969 bits per heavy atom. The van der Waals surface area contributed by atoms with Crippen LogP contribution in [0.2, 0.25) is 0 Å². The molecular formula is C24H25NO7. The molecule has 8 nitrogen and oxygen atoms in total. The summed E-state index contributed by atoms with van der Waals surface area (Å²) in [6.07, 6.45) is 3.19. The Bertz CT molecular complexity index is 1010. The number of amides is 1. The molecule has 2 aromatic carbocycles. The Balaban J connectivity index is 1.39. The number of morpholine rings is 1. The summed E-state index contributed by atoms with van der Waals surface area (Å²) in [6, 6.07) is 10.4. The van der Waals surface area contributed by atoms with Crippen molar-refractivity contribution in [1.82, 2.24) is 4.90 Å². The minimum absolute atomic E-state index is 0.0753. The first-order valence-corrected chi connectivity index (χ1v) is 10.4. The van der Waals surface area contributed by atoms with Crippen molar-refractivity contribution in [1.29, 1.82) is 0 Å². The maximum atomic E-state index is 12.6. The zero-order valence-electron chi connectivity index (χ0n) is 17.9. The monoisotopic (exact) mass is 439 g/mol. The fourth-order valence-electron chi connectivity index (χ4n) is 3.42. The zero-order chi connectivity index (χ0) is 22.3. The van der Waals surface area contributed by atoms with Gasteiger partial charge in [0.2, 0.25) is 0 Å². The summed E-state index contributed by atoms with van der Waals surface area (Å²) in [6.45, 7) is 3.12. The van der Waals surface area contributed by atoms with Crippen molar-refractivity contribution >= 4 is 17.8 Å². The Hall–Kier alpha value is -3.52. The molecule has 2 aliphatic rings. The number of nitrogens with zero attached hydrogens (tertiary/aromatic N) is 1. The van der Waals surface area contributed by atoms with Gasteiger partial charge in [-0.1, -0.05) is 12.1 Å². The molecule has 1 amide bonds. The first kappa shape index (κ1) is 21.7. The summed E-state index contributed by atoms with van der Waals surface area (Å²) in [5.74, 6) is 1.91. The molecule has 0 aromatic heterocycles. The number of ether oxygens (including phenoxy) is 5. The number of carbonyl (C=O) groups excluding carboxylic acids is 2. The van der Waals surface area contributed by atoms with Gasteiger partial charge in [0.1, 0.15) is 13.2 Å². The molecule has 2 heterocycles. The van der Waals surface area contributed by atoms with Crippen molar-refractivity contribution in [3.8, 4) is 23.0 Å². The van der Waals surface area contributed by atoms with Gasteiger partial charge in [0.15, 0.2) is 35.4 Å². The largest absolute Gasteiger partial charge is 0.493 e. The van der Waals surface area contributed by atoms with Gasteiger partial charge in [-0.3, -0.25) is 9.59 Å². The van der Waals surface area contributed by atoms with E-state index >= 15 is 0 Å². The van der Waals surface area contributed by atoms with Gasteiger partial charge in [-0.15, -0.1) is 0 Å². The van der Waals surface area contributed by atoms with Crippen LogP contribution in [-0.4, -0.2) is 69.8 Å². The van der Waals surface area contributed by atoms with Gasteiger partial charge in [-0.25, -0.2) is 0 Å². The van der Waals surface area contributed by atoms with Crippen LogP contribution in [0.5, 0.6) is 23.0 Å². The maximum Gasteiger partial charge on any atom is 0.260 e. The molecule has 0 spiro atoms. The molecule has 0 aliphatic carbocycles. The first-order valence-electron chi connectivity index (χ1n) is 10.4. The number of hydrogen-bond donors (Lipinski definition) is 0. The number of allylic oxidation sites excluding steroid dienone is 1. The first-order chi connectivity index (χ1) is 15.6. The highest BCUT2D eigenvalue weighted by atomic mass is 16.6. The van der Waals surface area contributed by atoms with Crippen LogP contribution in [0.3, 0.4) is 0 Å². The van der Waals surface area contributed by atoms with Crippen LogP contribution in [-0.2, 0) is 9.53 Å². The lowest BCUT2D eigenvalue weighted by atomic mass is 10.1. The highest BCUT2D eigenvalue weighted by Crippen LogP contribution is 2.31. The number of ketones is 1. The highest BCUT2D eigenvalue weighted by Gasteiger charge is 2.18. The lowest BCUT2D eigenvalue weighted by Gasteiger charge is -2.26. The Labute approximate surface area is 186 Å². The predicted octanol–water partition coefficient (Wildman–Crippen LogP) is 2.60. The molecule has 2 aromatic rings. The van der Waals surface area contributed by atoms with E-state index in [4.69, 9.17) is 23.7 Å². The third-order valence-corrected chi connectivity index (χ3v) is 5.16. The van der Waals surface area contributed by atoms with Crippen molar-refractivity contribution in [2.24, 2.45) is 0 Å². The standard InChI is InChI=1S/C24H25NO7/c1-28-22-14-17(3-6-20(22)32-16-24(27)25-8-10-29-11-9-25)2-5-19(26)18-4-7-21-23(15-18)31-13-12-30-21/h2-7,14-15H,8-13,16H2,1H3/b5-2+. The van der Waals surface area contributed by atoms with Crippen LogP contribution in [0.4, 0.5) is 0 Å². The SMILES string of the molecule is COc1cc(/C=C/C(=O)c2ccc3c(c2)OCCO3)ccc1OCC(=O)N1CCOCC1. The zero-order valence-corrected chi connectivity index (χ0v) is 17.9. The topological polar surface area (TPSA) is 83.5 Å². The van der Waals surface area contributed by atoms with E-state index in [0.717, 1.165) is 5.56 Å². The molecule has 0 bridgehead atoms. The van der Waals surface area contributed by atoms with Crippen LogP contribution >= 0.6 is 0 Å². The molecule has 4 rings (SSSR count). The number of hydrogen-bond acceptors (Lipinski definition) is 7. The second-order valence-corrected chi connectivity index (χ2v) is 7.25. The Morgan fingerprint density at radius 2 is 1.75 bits per heavy atom. The van der Waals surface area contributed by atoms with Crippen molar-refractivity contribution in [2.45, 2.75) is 0 Å². The molecular weight excluding hydrogens is 414 g/mol. The summed E-state index contributed by atoms with van der Waals surface area (Å²) in [4.78, 5) is 26.6. The molecule has 8 heteroatoms. The van der Waals surface area contributed by atoms with Crippen molar-refractivity contribution in [2.75, 3.05) is 53.2 Å². The Morgan fingerprint density at radius 3 is 2.53 bits per heavy atom. The average molecular weight is 439 g/mol. The van der Waals surface area contributed by atoms with Crippen LogP contribution in [0, 0.1) is 0 Å². The molecule has 1 fully saturated rings. The summed E-state index contributed by atoms with van der Waals surface area (Å²) < 4.78 is 27.3. The smallest absolute Gasteiger partial charge is 0.260 e. The summed E-state index contributed by atoms with van der Waals surface area (Å²) in [5.41, 5.74) is 1.28. The van der Waals surface area contributed by atoms with E-state index in [-0.39, 0.29) is 18.3 Å². The molecule has 2 aliphatic heterocycles. The number of carbonyl (C=O) groups is 2. The molecule has 0 atom stereocenters. The highest BCUT2D eigenvalue weighted by molar-refractivity contribution is 6.07. The van der Waals surface area contributed by atoms with E-state index in [1.807, 2.05) is 0 Å². The van der Waals surface area contributed by atoms with E-state index in [1.165, 1.54) is 13.2 Å². The van der Waals surface area contributed by atoms with Crippen molar-refractivity contribution in [3.05, 3.63) is 53.6 Å². The minimum atomic E-state index is -0.155. The minimum Gasteiger partial charge on any atom is -0.493 e. The van der Waals surface area contributed by atoms with E-state index in [1.54, 1.807) is 47.4 Å². The molecule has 0 unspecified atom stereocenters. The average Bonchev–Trinajstić information content (AvgIpc) is 2.86. The molecule has 0 radical (unpaired) electrons. The molecule has 168 valence electrons. The lowest BCUT2D eigenvalue weighted by molar-refractivity contribution is -0.137. The number of methoxy groups -OCH3 is 1. The number of fused-ring (bicyclic) bond motifs is 1.